The molecular weight excluding hydrogens is 498 g/mol. The van der Waals surface area contributed by atoms with Crippen molar-refractivity contribution in [3.8, 4) is 0 Å². The van der Waals surface area contributed by atoms with Crippen molar-refractivity contribution in [1.29, 1.82) is 0 Å². The summed E-state index contributed by atoms with van der Waals surface area (Å²) >= 11 is 0. The summed E-state index contributed by atoms with van der Waals surface area (Å²) in [5.74, 6) is -0.743. The summed E-state index contributed by atoms with van der Waals surface area (Å²) < 4.78 is 26.8. The number of aryl methyl sites for hydroxylation is 2. The molecule has 202 valence electrons. The average molecular weight is 536 g/mol. The second-order valence-corrected chi connectivity index (χ2v) is 11.8. The van der Waals surface area contributed by atoms with E-state index in [0.717, 1.165) is 32.8 Å². The molecule has 0 aliphatic heterocycles. The topological polar surface area (TPSA) is 86.8 Å². The molecule has 0 radical (unpaired) electrons. The van der Waals surface area contributed by atoms with Crippen molar-refractivity contribution in [3.63, 3.8) is 0 Å². The Balaban J connectivity index is 2.07. The zero-order valence-corrected chi connectivity index (χ0v) is 23.5. The molecule has 1 unspecified atom stereocenters. The predicted molar refractivity (Wildman–Crippen MR) is 152 cm³/mol. The van der Waals surface area contributed by atoms with Gasteiger partial charge in [0, 0.05) is 19.0 Å². The number of amides is 2. The zero-order valence-electron chi connectivity index (χ0n) is 22.7. The summed E-state index contributed by atoms with van der Waals surface area (Å²) in [5.41, 5.74) is 4.05. The number of carbonyl (C=O) groups is 2. The van der Waals surface area contributed by atoms with Gasteiger partial charge in [-0.25, -0.2) is 8.42 Å². The fraction of sp³-hybridized carbons (Fsp3) is 0.333. The third-order valence-electron chi connectivity index (χ3n) is 6.27. The van der Waals surface area contributed by atoms with Crippen LogP contribution in [0.4, 0.5) is 5.69 Å². The molecule has 7 nitrogen and oxygen atoms in total. The molecule has 0 aliphatic rings. The fourth-order valence-corrected chi connectivity index (χ4v) is 5.14. The molecule has 0 bridgehead atoms. The standard InChI is InChI=1S/C30H37N3O4S/c1-22(2)31-30(35)28(19-25-14-7-6-8-15-25)32(20-26-16-10-9-13-24(26)4)29(34)21-33(38(5,36)37)27-17-11-12-23(3)18-27/h6-18,22,28H,19-21H2,1-5H3,(H,31,35). The number of carbonyl (C=O) groups excluding carboxylic acids is 2. The van der Waals surface area contributed by atoms with E-state index in [1.165, 1.54) is 4.90 Å². The first kappa shape index (κ1) is 28.9. The summed E-state index contributed by atoms with van der Waals surface area (Å²) in [6, 6.07) is 23.2. The zero-order chi connectivity index (χ0) is 27.9. The maximum absolute atomic E-state index is 14.0. The molecule has 0 aliphatic carbocycles. The van der Waals surface area contributed by atoms with Crippen molar-refractivity contribution in [3.05, 3.63) is 101 Å². The van der Waals surface area contributed by atoms with Crippen LogP contribution in [0.15, 0.2) is 78.9 Å². The largest absolute Gasteiger partial charge is 0.352 e. The molecule has 3 rings (SSSR count). The van der Waals surface area contributed by atoms with Crippen LogP contribution in [0.1, 0.15) is 36.1 Å². The second-order valence-electron chi connectivity index (χ2n) is 9.93. The van der Waals surface area contributed by atoms with Gasteiger partial charge in [0.2, 0.25) is 21.8 Å². The van der Waals surface area contributed by atoms with E-state index in [-0.39, 0.29) is 18.5 Å². The molecule has 38 heavy (non-hydrogen) atoms. The number of nitrogens with one attached hydrogen (secondary N) is 1. The van der Waals surface area contributed by atoms with Gasteiger partial charge in [0.05, 0.1) is 11.9 Å². The monoisotopic (exact) mass is 535 g/mol. The lowest BCUT2D eigenvalue weighted by Gasteiger charge is -2.34. The van der Waals surface area contributed by atoms with Gasteiger partial charge in [0.1, 0.15) is 12.6 Å². The highest BCUT2D eigenvalue weighted by atomic mass is 32.2. The number of anilines is 1. The molecule has 1 atom stereocenters. The highest BCUT2D eigenvalue weighted by Crippen LogP contribution is 2.22. The fourth-order valence-electron chi connectivity index (χ4n) is 4.30. The molecule has 1 N–H and O–H groups in total. The Bertz CT molecular complexity index is 1360. The van der Waals surface area contributed by atoms with Crippen LogP contribution in [0, 0.1) is 13.8 Å². The van der Waals surface area contributed by atoms with Crippen molar-refractivity contribution in [2.45, 2.75) is 52.7 Å². The number of hydrogen-bond donors (Lipinski definition) is 1. The highest BCUT2D eigenvalue weighted by Gasteiger charge is 2.33. The van der Waals surface area contributed by atoms with Gasteiger partial charge in [-0.15, -0.1) is 0 Å². The molecule has 0 spiro atoms. The van der Waals surface area contributed by atoms with Crippen LogP contribution < -0.4 is 9.62 Å². The SMILES string of the molecule is Cc1cccc(N(CC(=O)N(Cc2ccccc2C)C(Cc2ccccc2)C(=O)NC(C)C)S(C)(=O)=O)c1. The molecule has 3 aromatic rings. The molecule has 0 saturated heterocycles. The molecule has 8 heteroatoms. The van der Waals surface area contributed by atoms with Crippen molar-refractivity contribution in [2.24, 2.45) is 0 Å². The van der Waals surface area contributed by atoms with Crippen molar-refractivity contribution < 1.29 is 18.0 Å². The van der Waals surface area contributed by atoms with Gasteiger partial charge in [-0.2, -0.15) is 0 Å². The third-order valence-corrected chi connectivity index (χ3v) is 7.41. The first-order chi connectivity index (χ1) is 18.0. The second kappa shape index (κ2) is 12.7. The minimum atomic E-state index is -3.78. The Labute approximate surface area is 226 Å². The van der Waals surface area contributed by atoms with Crippen molar-refractivity contribution in [1.82, 2.24) is 10.2 Å². The van der Waals surface area contributed by atoms with Gasteiger partial charge in [0.25, 0.3) is 0 Å². The normalized spacial score (nSPS) is 12.2. The van der Waals surface area contributed by atoms with Gasteiger partial charge in [-0.1, -0.05) is 66.7 Å². The van der Waals surface area contributed by atoms with Gasteiger partial charge in [0.15, 0.2) is 0 Å². The quantitative estimate of drug-likeness (QED) is 0.398. The molecule has 0 heterocycles. The molecule has 2 amide bonds. The van der Waals surface area contributed by atoms with Crippen LogP contribution in [-0.4, -0.2) is 50.0 Å². The van der Waals surface area contributed by atoms with Crippen molar-refractivity contribution in [2.75, 3.05) is 17.1 Å². The summed E-state index contributed by atoms with van der Waals surface area (Å²) in [7, 11) is -3.78. The average Bonchev–Trinajstić information content (AvgIpc) is 2.85. The smallest absolute Gasteiger partial charge is 0.244 e. The van der Waals surface area contributed by atoms with Crippen LogP contribution in [-0.2, 0) is 32.6 Å². The van der Waals surface area contributed by atoms with E-state index < -0.39 is 28.5 Å². The lowest BCUT2D eigenvalue weighted by Crippen LogP contribution is -2.54. The van der Waals surface area contributed by atoms with E-state index in [1.807, 2.05) is 88.4 Å². The highest BCUT2D eigenvalue weighted by molar-refractivity contribution is 7.92. The van der Waals surface area contributed by atoms with Crippen LogP contribution in [0.3, 0.4) is 0 Å². The van der Waals surface area contributed by atoms with E-state index in [1.54, 1.807) is 18.2 Å². The predicted octanol–water partition coefficient (Wildman–Crippen LogP) is 4.23. The summed E-state index contributed by atoms with van der Waals surface area (Å²) in [6.07, 6.45) is 1.38. The molecule has 0 fully saturated rings. The van der Waals surface area contributed by atoms with Crippen LogP contribution in [0.25, 0.3) is 0 Å². The first-order valence-corrected chi connectivity index (χ1v) is 14.5. The van der Waals surface area contributed by atoms with Crippen LogP contribution in [0.2, 0.25) is 0 Å². The number of sulfonamides is 1. The van der Waals surface area contributed by atoms with Gasteiger partial charge in [-0.3, -0.25) is 13.9 Å². The number of benzene rings is 3. The summed E-state index contributed by atoms with van der Waals surface area (Å²) in [4.78, 5) is 29.1. The maximum atomic E-state index is 14.0. The molecular formula is C30H37N3O4S. The summed E-state index contributed by atoms with van der Waals surface area (Å²) in [6.45, 7) is 7.30. The van der Waals surface area contributed by atoms with Gasteiger partial charge < -0.3 is 10.2 Å². The third kappa shape index (κ3) is 7.92. The minimum Gasteiger partial charge on any atom is -0.352 e. The van der Waals surface area contributed by atoms with E-state index in [4.69, 9.17) is 0 Å². The maximum Gasteiger partial charge on any atom is 0.244 e. The number of rotatable bonds is 11. The van der Waals surface area contributed by atoms with E-state index in [2.05, 4.69) is 5.32 Å². The Morgan fingerprint density at radius 2 is 1.55 bits per heavy atom. The van der Waals surface area contributed by atoms with E-state index in [0.29, 0.717) is 12.1 Å². The van der Waals surface area contributed by atoms with Crippen LogP contribution >= 0.6 is 0 Å². The Hall–Kier alpha value is -3.65. The Kier molecular flexibility index (Phi) is 9.69. The lowest BCUT2D eigenvalue weighted by atomic mass is 10.0. The Morgan fingerprint density at radius 3 is 2.16 bits per heavy atom. The number of nitrogens with zero attached hydrogens (tertiary/aromatic N) is 2. The molecule has 0 aromatic heterocycles. The number of hydrogen-bond acceptors (Lipinski definition) is 4. The van der Waals surface area contributed by atoms with Gasteiger partial charge >= 0.3 is 0 Å². The lowest BCUT2D eigenvalue weighted by molar-refractivity contribution is -0.140. The summed E-state index contributed by atoms with van der Waals surface area (Å²) in [5, 5.41) is 2.96. The van der Waals surface area contributed by atoms with Gasteiger partial charge in [-0.05, 0) is 62.1 Å². The first-order valence-electron chi connectivity index (χ1n) is 12.7. The Morgan fingerprint density at radius 1 is 0.895 bits per heavy atom. The van der Waals surface area contributed by atoms with Crippen LogP contribution in [0.5, 0.6) is 0 Å². The molecule has 0 saturated carbocycles. The van der Waals surface area contributed by atoms with E-state index >= 15 is 0 Å². The van der Waals surface area contributed by atoms with E-state index in [9.17, 15) is 18.0 Å². The molecule has 3 aromatic carbocycles. The minimum absolute atomic E-state index is 0.129. The van der Waals surface area contributed by atoms with Crippen molar-refractivity contribution >= 4 is 27.5 Å².